The van der Waals surface area contributed by atoms with E-state index in [9.17, 15) is 4.39 Å². The fraction of sp³-hybridized carbons (Fsp3) is 0.400. The van der Waals surface area contributed by atoms with Crippen molar-refractivity contribution in [2.75, 3.05) is 20.7 Å². The van der Waals surface area contributed by atoms with Crippen LogP contribution >= 0.6 is 11.6 Å². The number of halogens is 2. The molecule has 0 heterocycles. The van der Waals surface area contributed by atoms with Gasteiger partial charge < -0.3 is 10.1 Å². The molecule has 0 amide bonds. The molecule has 1 aromatic rings. The van der Waals surface area contributed by atoms with Crippen LogP contribution in [0.2, 0.25) is 5.02 Å². The van der Waals surface area contributed by atoms with Crippen LogP contribution in [0, 0.1) is 5.82 Å². The highest BCUT2D eigenvalue weighted by Gasteiger charge is 2.09. The van der Waals surface area contributed by atoms with Gasteiger partial charge in [-0.1, -0.05) is 11.6 Å². The molecule has 0 saturated carbocycles. The third-order valence-corrected chi connectivity index (χ3v) is 2.21. The zero-order chi connectivity index (χ0) is 10.6. The summed E-state index contributed by atoms with van der Waals surface area (Å²) in [6.07, 6.45) is 0.747. The molecular formula is C10H13ClFNO. The summed E-state index contributed by atoms with van der Waals surface area (Å²) in [5, 5.41) is 3.31. The van der Waals surface area contributed by atoms with E-state index in [-0.39, 0.29) is 5.75 Å². The number of hydrogen-bond acceptors (Lipinski definition) is 2. The molecule has 1 N–H and O–H groups in total. The van der Waals surface area contributed by atoms with Crippen LogP contribution in [0.5, 0.6) is 5.75 Å². The second-order valence-corrected chi connectivity index (χ2v) is 3.35. The molecule has 0 aliphatic carbocycles. The molecule has 0 aliphatic heterocycles. The zero-order valence-electron chi connectivity index (χ0n) is 8.23. The number of methoxy groups -OCH3 is 1. The summed E-state index contributed by atoms with van der Waals surface area (Å²) in [6, 6.07) is 3.17. The summed E-state index contributed by atoms with van der Waals surface area (Å²) < 4.78 is 18.1. The molecule has 4 heteroatoms. The molecule has 14 heavy (non-hydrogen) atoms. The molecule has 0 saturated heterocycles. The van der Waals surface area contributed by atoms with Crippen molar-refractivity contribution in [2.24, 2.45) is 0 Å². The maximum atomic E-state index is 13.3. The SMILES string of the molecule is CNCCc1cc(F)c(OC)c(Cl)c1. The Morgan fingerprint density at radius 2 is 2.21 bits per heavy atom. The number of rotatable bonds is 4. The van der Waals surface area contributed by atoms with E-state index in [0.717, 1.165) is 18.5 Å². The van der Waals surface area contributed by atoms with Crippen LogP contribution in [0.1, 0.15) is 5.56 Å². The first kappa shape index (κ1) is 11.3. The Hall–Kier alpha value is -0.800. The molecule has 0 fully saturated rings. The number of likely N-dealkylation sites (N-methyl/N-ethyl adjacent to an activating group) is 1. The molecule has 0 atom stereocenters. The fourth-order valence-corrected chi connectivity index (χ4v) is 1.53. The Balaban J connectivity index is 2.90. The van der Waals surface area contributed by atoms with E-state index in [1.165, 1.54) is 13.2 Å². The van der Waals surface area contributed by atoms with E-state index < -0.39 is 5.82 Å². The normalized spacial score (nSPS) is 10.3. The molecular weight excluding hydrogens is 205 g/mol. The van der Waals surface area contributed by atoms with Gasteiger partial charge in [-0.2, -0.15) is 0 Å². The standard InChI is InChI=1S/C10H13ClFNO/c1-13-4-3-7-5-8(11)10(14-2)9(12)6-7/h5-6,13H,3-4H2,1-2H3. The quantitative estimate of drug-likeness (QED) is 0.836. The molecule has 1 rings (SSSR count). The van der Waals surface area contributed by atoms with E-state index >= 15 is 0 Å². The van der Waals surface area contributed by atoms with Crippen LogP contribution in [-0.2, 0) is 6.42 Å². The van der Waals surface area contributed by atoms with Gasteiger partial charge in [-0.3, -0.25) is 0 Å². The van der Waals surface area contributed by atoms with E-state index in [1.54, 1.807) is 6.07 Å². The van der Waals surface area contributed by atoms with Gasteiger partial charge in [0, 0.05) is 0 Å². The monoisotopic (exact) mass is 217 g/mol. The number of hydrogen-bond donors (Lipinski definition) is 1. The average Bonchev–Trinajstić information content (AvgIpc) is 2.14. The summed E-state index contributed by atoms with van der Waals surface area (Å²) in [6.45, 7) is 0.794. The first-order valence-corrected chi connectivity index (χ1v) is 4.73. The highest BCUT2D eigenvalue weighted by Crippen LogP contribution is 2.28. The van der Waals surface area contributed by atoms with Gasteiger partial charge in [0.15, 0.2) is 11.6 Å². The molecule has 0 aromatic heterocycles. The highest BCUT2D eigenvalue weighted by atomic mass is 35.5. The number of benzene rings is 1. The topological polar surface area (TPSA) is 21.3 Å². The van der Waals surface area contributed by atoms with Crippen LogP contribution in [0.4, 0.5) is 4.39 Å². The summed E-state index contributed by atoms with van der Waals surface area (Å²) in [4.78, 5) is 0. The van der Waals surface area contributed by atoms with E-state index in [1.807, 2.05) is 7.05 Å². The lowest BCUT2D eigenvalue weighted by atomic mass is 10.1. The van der Waals surface area contributed by atoms with Crippen LogP contribution < -0.4 is 10.1 Å². The third-order valence-electron chi connectivity index (χ3n) is 1.93. The summed E-state index contributed by atoms with van der Waals surface area (Å²) in [5.41, 5.74) is 0.864. The predicted octanol–water partition coefficient (Wildman–Crippen LogP) is 2.25. The van der Waals surface area contributed by atoms with Crippen molar-refractivity contribution in [3.63, 3.8) is 0 Å². The summed E-state index contributed by atoms with van der Waals surface area (Å²) >= 11 is 5.83. The minimum Gasteiger partial charge on any atom is -0.492 e. The second-order valence-electron chi connectivity index (χ2n) is 2.95. The maximum Gasteiger partial charge on any atom is 0.173 e. The van der Waals surface area contributed by atoms with Crippen LogP contribution in [0.3, 0.4) is 0 Å². The maximum absolute atomic E-state index is 13.3. The minimum absolute atomic E-state index is 0.111. The lowest BCUT2D eigenvalue weighted by molar-refractivity contribution is 0.386. The first-order chi connectivity index (χ1) is 6.69. The van der Waals surface area contributed by atoms with Gasteiger partial charge in [0.2, 0.25) is 0 Å². The molecule has 0 radical (unpaired) electrons. The number of nitrogens with one attached hydrogen (secondary N) is 1. The van der Waals surface area contributed by atoms with Crippen molar-refractivity contribution in [2.45, 2.75) is 6.42 Å². The lowest BCUT2D eigenvalue weighted by Crippen LogP contribution is -2.10. The first-order valence-electron chi connectivity index (χ1n) is 4.35. The fourth-order valence-electron chi connectivity index (χ4n) is 1.22. The van der Waals surface area contributed by atoms with Gasteiger partial charge in [-0.05, 0) is 37.7 Å². The van der Waals surface area contributed by atoms with E-state index in [4.69, 9.17) is 16.3 Å². The molecule has 0 bridgehead atoms. The minimum atomic E-state index is -0.411. The Labute approximate surface area is 88.0 Å². The van der Waals surface area contributed by atoms with Crippen molar-refractivity contribution < 1.29 is 9.13 Å². The Bertz CT molecular complexity index is 294. The van der Waals surface area contributed by atoms with Gasteiger partial charge in [-0.25, -0.2) is 4.39 Å². The van der Waals surface area contributed by atoms with Gasteiger partial charge >= 0.3 is 0 Å². The van der Waals surface area contributed by atoms with Crippen LogP contribution in [0.25, 0.3) is 0 Å². The summed E-state index contributed by atoms with van der Waals surface area (Å²) in [5.74, 6) is -0.300. The van der Waals surface area contributed by atoms with Crippen molar-refractivity contribution in [3.05, 3.63) is 28.5 Å². The van der Waals surface area contributed by atoms with Gasteiger partial charge in [-0.15, -0.1) is 0 Å². The Morgan fingerprint density at radius 3 is 2.71 bits per heavy atom. The highest BCUT2D eigenvalue weighted by molar-refractivity contribution is 6.32. The number of ether oxygens (including phenoxy) is 1. The molecule has 1 aromatic carbocycles. The van der Waals surface area contributed by atoms with Gasteiger partial charge in [0.1, 0.15) is 0 Å². The summed E-state index contributed by atoms with van der Waals surface area (Å²) in [7, 11) is 3.25. The van der Waals surface area contributed by atoms with Gasteiger partial charge in [0.05, 0.1) is 12.1 Å². The molecule has 78 valence electrons. The van der Waals surface area contributed by atoms with E-state index in [0.29, 0.717) is 5.02 Å². The van der Waals surface area contributed by atoms with Crippen molar-refractivity contribution in [1.29, 1.82) is 0 Å². The molecule has 2 nitrogen and oxygen atoms in total. The second kappa shape index (κ2) is 5.17. The van der Waals surface area contributed by atoms with Crippen molar-refractivity contribution >= 4 is 11.6 Å². The molecule has 0 spiro atoms. The third kappa shape index (κ3) is 2.59. The predicted molar refractivity (Wildman–Crippen MR) is 55.6 cm³/mol. The average molecular weight is 218 g/mol. The smallest absolute Gasteiger partial charge is 0.173 e. The Morgan fingerprint density at radius 1 is 1.50 bits per heavy atom. The zero-order valence-corrected chi connectivity index (χ0v) is 8.99. The van der Waals surface area contributed by atoms with Gasteiger partial charge in [0.25, 0.3) is 0 Å². The van der Waals surface area contributed by atoms with E-state index in [2.05, 4.69) is 5.32 Å². The lowest BCUT2D eigenvalue weighted by Gasteiger charge is -2.07. The molecule has 0 aliphatic rings. The molecule has 0 unspecified atom stereocenters. The van der Waals surface area contributed by atoms with Crippen LogP contribution in [-0.4, -0.2) is 20.7 Å². The van der Waals surface area contributed by atoms with Crippen LogP contribution in [0.15, 0.2) is 12.1 Å². The van der Waals surface area contributed by atoms with Crippen molar-refractivity contribution in [1.82, 2.24) is 5.32 Å². The Kier molecular flexibility index (Phi) is 4.17. The van der Waals surface area contributed by atoms with Crippen molar-refractivity contribution in [3.8, 4) is 5.75 Å². The largest absolute Gasteiger partial charge is 0.492 e.